The first-order valence-electron chi connectivity index (χ1n) is 14.0. The highest BCUT2D eigenvalue weighted by atomic mass is 16.5. The Balaban J connectivity index is 1.47. The van der Waals surface area contributed by atoms with E-state index in [-0.39, 0.29) is 11.7 Å². The Labute approximate surface area is 233 Å². The zero-order valence-electron chi connectivity index (χ0n) is 22.7. The van der Waals surface area contributed by atoms with Crippen LogP contribution >= 0.6 is 0 Å². The molecule has 6 rings (SSSR count). The number of hydrogen-bond donors (Lipinski definition) is 1. The van der Waals surface area contributed by atoms with Gasteiger partial charge in [-0.05, 0) is 64.8 Å². The van der Waals surface area contributed by atoms with Crippen molar-refractivity contribution in [3.8, 4) is 0 Å². The van der Waals surface area contributed by atoms with E-state index in [9.17, 15) is 4.79 Å². The first-order valence-corrected chi connectivity index (χ1v) is 14.0. The lowest BCUT2D eigenvalue weighted by Gasteiger charge is -2.31. The maximum absolute atomic E-state index is 13.8. The molecule has 0 aliphatic carbocycles. The van der Waals surface area contributed by atoms with Crippen LogP contribution in [0.5, 0.6) is 0 Å². The van der Waals surface area contributed by atoms with E-state index in [1.807, 2.05) is 60.1 Å². The summed E-state index contributed by atoms with van der Waals surface area (Å²) in [5.74, 6) is 0.650. The van der Waals surface area contributed by atoms with Crippen molar-refractivity contribution in [3.63, 3.8) is 0 Å². The van der Waals surface area contributed by atoms with Gasteiger partial charge in [0.25, 0.3) is 5.56 Å². The van der Waals surface area contributed by atoms with Gasteiger partial charge in [0.05, 0.1) is 18.2 Å². The average molecular weight is 535 g/mol. The van der Waals surface area contributed by atoms with Gasteiger partial charge >= 0.3 is 0 Å². The lowest BCUT2D eigenvalue weighted by Crippen LogP contribution is -2.37. The van der Waals surface area contributed by atoms with Crippen LogP contribution in [0.2, 0.25) is 0 Å². The molecule has 3 heterocycles. The molecule has 1 aliphatic heterocycles. The first-order chi connectivity index (χ1) is 19.7. The van der Waals surface area contributed by atoms with Crippen LogP contribution in [0.15, 0.2) is 89.7 Å². The molecule has 3 aromatic carbocycles. The van der Waals surface area contributed by atoms with E-state index in [0.717, 1.165) is 47.9 Å². The minimum absolute atomic E-state index is 0.0623. The number of para-hydroxylation sites is 1. The molecule has 8 nitrogen and oxygen atoms in total. The van der Waals surface area contributed by atoms with Gasteiger partial charge in [-0.25, -0.2) is 4.68 Å². The van der Waals surface area contributed by atoms with Crippen molar-refractivity contribution < 1.29 is 4.74 Å². The number of tetrazole rings is 1. The Kier molecular flexibility index (Phi) is 7.79. The maximum atomic E-state index is 13.8. The van der Waals surface area contributed by atoms with Gasteiger partial charge in [-0.3, -0.25) is 9.69 Å². The van der Waals surface area contributed by atoms with E-state index in [4.69, 9.17) is 4.74 Å². The van der Waals surface area contributed by atoms with E-state index in [1.54, 1.807) is 0 Å². The van der Waals surface area contributed by atoms with Crippen molar-refractivity contribution in [1.82, 2.24) is 30.1 Å². The highest BCUT2D eigenvalue weighted by molar-refractivity contribution is 5.82. The summed E-state index contributed by atoms with van der Waals surface area (Å²) in [6.07, 6.45) is 2.89. The third-order valence-corrected chi connectivity index (χ3v) is 7.74. The molecule has 1 aliphatic rings. The number of aromatic nitrogens is 5. The molecule has 5 aromatic rings. The number of ether oxygens (including phenoxy) is 1. The smallest absolute Gasteiger partial charge is 0.253 e. The molecule has 2 aromatic heterocycles. The SMILES string of the molecule is Cc1cccc2cc(C(c3nnnn3CC3CCCO3)N(CCc3ccccc3)Cc3ccccc3)c(=O)[nH]c12. The van der Waals surface area contributed by atoms with Crippen LogP contribution in [-0.4, -0.2) is 49.3 Å². The number of pyridine rings is 1. The molecule has 0 bridgehead atoms. The van der Waals surface area contributed by atoms with Gasteiger partial charge < -0.3 is 9.72 Å². The summed E-state index contributed by atoms with van der Waals surface area (Å²) in [6, 6.07) is 28.4. The second-order valence-corrected chi connectivity index (χ2v) is 10.5. The molecule has 0 amide bonds. The maximum Gasteiger partial charge on any atom is 0.253 e. The summed E-state index contributed by atoms with van der Waals surface area (Å²) in [5.41, 5.74) is 4.79. The van der Waals surface area contributed by atoms with Crippen molar-refractivity contribution in [1.29, 1.82) is 0 Å². The molecule has 0 saturated carbocycles. The summed E-state index contributed by atoms with van der Waals surface area (Å²) in [5, 5.41) is 14.0. The number of H-pyrrole nitrogens is 1. The zero-order chi connectivity index (χ0) is 27.3. The summed E-state index contributed by atoms with van der Waals surface area (Å²) in [6.45, 7) is 4.67. The average Bonchev–Trinajstić information content (AvgIpc) is 3.67. The highest BCUT2D eigenvalue weighted by Crippen LogP contribution is 2.30. The molecule has 2 atom stereocenters. The van der Waals surface area contributed by atoms with Crippen molar-refractivity contribution in [3.05, 3.63) is 123 Å². The van der Waals surface area contributed by atoms with E-state index in [2.05, 4.69) is 61.8 Å². The topological polar surface area (TPSA) is 88.9 Å². The minimum Gasteiger partial charge on any atom is -0.376 e. The summed E-state index contributed by atoms with van der Waals surface area (Å²) < 4.78 is 7.76. The van der Waals surface area contributed by atoms with Gasteiger partial charge in [-0.15, -0.1) is 5.10 Å². The monoisotopic (exact) mass is 534 g/mol. The van der Waals surface area contributed by atoms with Gasteiger partial charge in [0.15, 0.2) is 5.82 Å². The second kappa shape index (κ2) is 11.9. The Morgan fingerprint density at radius 1 is 1.02 bits per heavy atom. The normalized spacial score (nSPS) is 16.1. The van der Waals surface area contributed by atoms with E-state index >= 15 is 0 Å². The number of rotatable bonds is 10. The van der Waals surface area contributed by atoms with Crippen LogP contribution in [0.4, 0.5) is 0 Å². The van der Waals surface area contributed by atoms with E-state index in [0.29, 0.717) is 31.0 Å². The van der Waals surface area contributed by atoms with Gasteiger partial charge in [0.2, 0.25) is 0 Å². The summed E-state index contributed by atoms with van der Waals surface area (Å²) >= 11 is 0. The van der Waals surface area contributed by atoms with Crippen molar-refractivity contribution in [2.24, 2.45) is 0 Å². The molecular formula is C32H34N6O2. The lowest BCUT2D eigenvalue weighted by molar-refractivity contribution is 0.0906. The third-order valence-electron chi connectivity index (χ3n) is 7.74. The number of aromatic amines is 1. The molecule has 2 unspecified atom stereocenters. The van der Waals surface area contributed by atoms with Crippen LogP contribution in [0, 0.1) is 6.92 Å². The van der Waals surface area contributed by atoms with Crippen LogP contribution in [0.1, 0.15) is 47.0 Å². The summed E-state index contributed by atoms with van der Waals surface area (Å²) in [7, 11) is 0. The first kappa shape index (κ1) is 26.1. The molecule has 204 valence electrons. The largest absolute Gasteiger partial charge is 0.376 e. The number of nitrogens with one attached hydrogen (secondary N) is 1. The number of hydrogen-bond acceptors (Lipinski definition) is 6. The molecular weight excluding hydrogens is 500 g/mol. The van der Waals surface area contributed by atoms with Crippen LogP contribution < -0.4 is 5.56 Å². The highest BCUT2D eigenvalue weighted by Gasteiger charge is 2.32. The number of aryl methyl sites for hydroxylation is 1. The fraction of sp³-hybridized carbons (Fsp3) is 0.312. The molecule has 0 spiro atoms. The van der Waals surface area contributed by atoms with Crippen molar-refractivity contribution >= 4 is 10.9 Å². The molecule has 8 heteroatoms. The number of nitrogens with zero attached hydrogens (tertiary/aromatic N) is 5. The Morgan fingerprint density at radius 3 is 2.55 bits per heavy atom. The van der Waals surface area contributed by atoms with E-state index in [1.165, 1.54) is 5.56 Å². The second-order valence-electron chi connectivity index (χ2n) is 10.5. The van der Waals surface area contributed by atoms with E-state index < -0.39 is 6.04 Å². The molecule has 1 saturated heterocycles. The Bertz CT molecular complexity index is 1610. The molecule has 0 radical (unpaired) electrons. The number of fused-ring (bicyclic) bond motifs is 1. The summed E-state index contributed by atoms with van der Waals surface area (Å²) in [4.78, 5) is 19.3. The lowest BCUT2D eigenvalue weighted by atomic mass is 10.0. The number of benzene rings is 3. The van der Waals surface area contributed by atoms with Crippen LogP contribution in [-0.2, 0) is 24.2 Å². The third kappa shape index (κ3) is 5.73. The zero-order valence-corrected chi connectivity index (χ0v) is 22.7. The van der Waals surface area contributed by atoms with Gasteiger partial charge in [-0.2, -0.15) is 0 Å². The Hall–Kier alpha value is -4.14. The molecule has 1 fully saturated rings. The standard InChI is InChI=1S/C32H34N6O2/c1-23-10-8-15-26-20-28(32(39)33-29(23)26)30(31-34-35-36-38(31)22-27-16-9-19-40-27)37(21-25-13-6-3-7-14-25)18-17-24-11-4-2-5-12-24/h2-8,10-15,20,27,30H,9,16-19,21-22H2,1H3,(H,33,39). The molecule has 1 N–H and O–H groups in total. The quantitative estimate of drug-likeness (QED) is 0.276. The van der Waals surface area contributed by atoms with Gasteiger partial charge in [0.1, 0.15) is 6.04 Å². The van der Waals surface area contributed by atoms with Crippen molar-refractivity contribution in [2.75, 3.05) is 13.2 Å². The fourth-order valence-electron chi connectivity index (χ4n) is 5.66. The van der Waals surface area contributed by atoms with Gasteiger partial charge in [0, 0.05) is 25.3 Å². The Morgan fingerprint density at radius 2 is 1.80 bits per heavy atom. The predicted octanol–water partition coefficient (Wildman–Crippen LogP) is 4.84. The van der Waals surface area contributed by atoms with Gasteiger partial charge in [-0.1, -0.05) is 78.9 Å². The van der Waals surface area contributed by atoms with Crippen LogP contribution in [0.25, 0.3) is 10.9 Å². The minimum atomic E-state index is -0.464. The van der Waals surface area contributed by atoms with Crippen LogP contribution in [0.3, 0.4) is 0 Å². The van der Waals surface area contributed by atoms with Crippen molar-refractivity contribution in [2.45, 2.75) is 51.4 Å². The predicted molar refractivity (Wildman–Crippen MR) is 155 cm³/mol. The fourth-order valence-corrected chi connectivity index (χ4v) is 5.66. The molecule has 40 heavy (non-hydrogen) atoms.